The maximum atomic E-state index is 13.0. The highest BCUT2D eigenvalue weighted by molar-refractivity contribution is 5.82. The summed E-state index contributed by atoms with van der Waals surface area (Å²) in [6.45, 7) is 5.96. The molecule has 0 radical (unpaired) electrons. The topological polar surface area (TPSA) is 61.0 Å². The number of nitrogens with zero attached hydrogens (tertiary/aromatic N) is 2. The predicted octanol–water partition coefficient (Wildman–Crippen LogP) is 1.85. The molecule has 0 saturated heterocycles. The summed E-state index contributed by atoms with van der Waals surface area (Å²) in [4.78, 5) is 22.6. The summed E-state index contributed by atoms with van der Waals surface area (Å²) in [6.07, 6.45) is 7.28. The lowest BCUT2D eigenvalue weighted by atomic mass is 10.0. The highest BCUT2D eigenvalue weighted by atomic mass is 16.2. The van der Waals surface area contributed by atoms with Crippen molar-refractivity contribution < 1.29 is 4.79 Å². The van der Waals surface area contributed by atoms with E-state index in [1.54, 1.807) is 6.33 Å². The zero-order valence-corrected chi connectivity index (χ0v) is 13.1. The fourth-order valence-corrected chi connectivity index (χ4v) is 3.57. The Morgan fingerprint density at radius 1 is 1.43 bits per heavy atom. The number of carbonyl (C=O) groups is 1. The third kappa shape index (κ3) is 3.12. The Kier molecular flexibility index (Phi) is 4.29. The Hall–Kier alpha value is -1.36. The fourth-order valence-electron chi connectivity index (χ4n) is 3.57. The summed E-state index contributed by atoms with van der Waals surface area (Å²) in [5.74, 6) is 0.781. The molecule has 1 aliphatic carbocycles. The Morgan fingerprint density at radius 2 is 2.19 bits per heavy atom. The normalized spacial score (nSPS) is 22.5. The van der Waals surface area contributed by atoms with Gasteiger partial charge in [0.25, 0.3) is 0 Å². The molecule has 2 heterocycles. The smallest absolute Gasteiger partial charge is 0.240 e. The molecular formula is C16H26N4O. The van der Waals surface area contributed by atoms with Crippen LogP contribution in [0.5, 0.6) is 0 Å². The first-order valence-electron chi connectivity index (χ1n) is 8.20. The first-order chi connectivity index (χ1) is 10.1. The SMILES string of the molecule is CC(C)CN(C(=O)C1Cc2nc[nH]c2CN1)C1CCCC1. The van der Waals surface area contributed by atoms with Gasteiger partial charge >= 0.3 is 0 Å². The van der Waals surface area contributed by atoms with Crippen LogP contribution in [-0.2, 0) is 17.8 Å². The van der Waals surface area contributed by atoms with Crippen molar-refractivity contribution in [2.75, 3.05) is 6.54 Å². The lowest BCUT2D eigenvalue weighted by Gasteiger charge is -2.35. The molecule has 1 aliphatic heterocycles. The van der Waals surface area contributed by atoms with Crippen LogP contribution in [-0.4, -0.2) is 39.4 Å². The maximum Gasteiger partial charge on any atom is 0.240 e. The maximum absolute atomic E-state index is 13.0. The van der Waals surface area contributed by atoms with Crippen LogP contribution in [0.25, 0.3) is 0 Å². The van der Waals surface area contributed by atoms with Crippen LogP contribution in [0.3, 0.4) is 0 Å². The second-order valence-electron chi connectivity index (χ2n) is 6.79. The van der Waals surface area contributed by atoms with Crippen molar-refractivity contribution in [3.8, 4) is 0 Å². The van der Waals surface area contributed by atoms with Gasteiger partial charge < -0.3 is 9.88 Å². The van der Waals surface area contributed by atoms with Crippen LogP contribution in [0, 0.1) is 5.92 Å². The minimum Gasteiger partial charge on any atom is -0.347 e. The van der Waals surface area contributed by atoms with Gasteiger partial charge in [-0.15, -0.1) is 0 Å². The number of aromatic nitrogens is 2. The van der Waals surface area contributed by atoms with Crippen molar-refractivity contribution in [2.45, 2.75) is 64.6 Å². The number of H-pyrrole nitrogens is 1. The van der Waals surface area contributed by atoms with E-state index in [1.165, 1.54) is 25.7 Å². The number of nitrogens with one attached hydrogen (secondary N) is 2. The van der Waals surface area contributed by atoms with Gasteiger partial charge in [0, 0.05) is 25.6 Å². The lowest BCUT2D eigenvalue weighted by Crippen LogP contribution is -2.53. The van der Waals surface area contributed by atoms with Gasteiger partial charge in [0.2, 0.25) is 5.91 Å². The highest BCUT2D eigenvalue weighted by Crippen LogP contribution is 2.26. The number of fused-ring (bicyclic) bond motifs is 1. The quantitative estimate of drug-likeness (QED) is 0.889. The fraction of sp³-hybridized carbons (Fsp3) is 0.750. The van der Waals surface area contributed by atoms with Crippen molar-refractivity contribution in [3.05, 3.63) is 17.7 Å². The Balaban J connectivity index is 1.71. The van der Waals surface area contributed by atoms with Gasteiger partial charge in [-0.3, -0.25) is 10.1 Å². The van der Waals surface area contributed by atoms with Gasteiger partial charge in [0.1, 0.15) is 0 Å². The van der Waals surface area contributed by atoms with E-state index in [9.17, 15) is 4.79 Å². The molecule has 1 saturated carbocycles. The minimum absolute atomic E-state index is 0.111. The summed E-state index contributed by atoms with van der Waals surface area (Å²) in [6, 6.07) is 0.336. The molecule has 1 aromatic heterocycles. The summed E-state index contributed by atoms with van der Waals surface area (Å²) < 4.78 is 0. The Labute approximate surface area is 126 Å². The zero-order valence-electron chi connectivity index (χ0n) is 13.1. The molecular weight excluding hydrogens is 264 g/mol. The molecule has 116 valence electrons. The van der Waals surface area contributed by atoms with E-state index in [-0.39, 0.29) is 11.9 Å². The molecule has 1 amide bonds. The molecule has 2 aliphatic rings. The number of hydrogen-bond donors (Lipinski definition) is 2. The third-order valence-corrected chi connectivity index (χ3v) is 4.64. The van der Waals surface area contributed by atoms with E-state index in [4.69, 9.17) is 0 Å². The standard InChI is InChI=1S/C16H26N4O/c1-11(2)9-20(12-5-3-4-6-12)16(21)14-7-13-15(8-17-14)19-10-18-13/h10-12,14,17H,3-9H2,1-2H3,(H,18,19). The van der Waals surface area contributed by atoms with E-state index in [2.05, 4.69) is 34.0 Å². The van der Waals surface area contributed by atoms with Crippen LogP contribution in [0.15, 0.2) is 6.33 Å². The van der Waals surface area contributed by atoms with Crippen molar-refractivity contribution >= 4 is 5.91 Å². The minimum atomic E-state index is -0.111. The molecule has 1 unspecified atom stereocenters. The zero-order chi connectivity index (χ0) is 14.8. The monoisotopic (exact) mass is 290 g/mol. The highest BCUT2D eigenvalue weighted by Gasteiger charge is 2.34. The summed E-state index contributed by atoms with van der Waals surface area (Å²) >= 11 is 0. The van der Waals surface area contributed by atoms with Crippen molar-refractivity contribution in [1.82, 2.24) is 20.2 Å². The predicted molar refractivity (Wildman–Crippen MR) is 81.7 cm³/mol. The van der Waals surface area contributed by atoms with Gasteiger partial charge in [-0.25, -0.2) is 4.98 Å². The molecule has 1 fully saturated rings. The average Bonchev–Trinajstić information content (AvgIpc) is 3.13. The van der Waals surface area contributed by atoms with E-state index >= 15 is 0 Å². The van der Waals surface area contributed by atoms with Crippen LogP contribution in [0.1, 0.15) is 50.9 Å². The molecule has 2 N–H and O–H groups in total. The second kappa shape index (κ2) is 6.18. The van der Waals surface area contributed by atoms with Crippen LogP contribution < -0.4 is 5.32 Å². The summed E-state index contributed by atoms with van der Waals surface area (Å²) in [5.41, 5.74) is 2.17. The molecule has 1 atom stereocenters. The van der Waals surface area contributed by atoms with E-state index < -0.39 is 0 Å². The molecule has 0 aromatic carbocycles. The number of amides is 1. The van der Waals surface area contributed by atoms with Gasteiger partial charge in [-0.2, -0.15) is 0 Å². The van der Waals surface area contributed by atoms with Crippen LogP contribution >= 0.6 is 0 Å². The van der Waals surface area contributed by atoms with Crippen LogP contribution in [0.4, 0.5) is 0 Å². The Morgan fingerprint density at radius 3 is 2.90 bits per heavy atom. The summed E-state index contributed by atoms with van der Waals surface area (Å²) in [7, 11) is 0. The number of aromatic amines is 1. The second-order valence-corrected chi connectivity index (χ2v) is 6.79. The summed E-state index contributed by atoms with van der Waals surface area (Å²) in [5, 5.41) is 3.38. The molecule has 3 rings (SSSR count). The van der Waals surface area contributed by atoms with E-state index in [1.807, 2.05) is 0 Å². The van der Waals surface area contributed by atoms with Crippen molar-refractivity contribution in [1.29, 1.82) is 0 Å². The molecule has 1 aromatic rings. The Bertz CT molecular complexity index is 490. The van der Waals surface area contributed by atoms with Gasteiger partial charge in [0.15, 0.2) is 0 Å². The number of rotatable bonds is 4. The molecule has 0 bridgehead atoms. The number of carbonyl (C=O) groups excluding carboxylic acids is 1. The van der Waals surface area contributed by atoms with E-state index in [0.29, 0.717) is 24.9 Å². The average molecular weight is 290 g/mol. The first kappa shape index (κ1) is 14.6. The molecule has 5 nitrogen and oxygen atoms in total. The molecule has 0 spiro atoms. The number of hydrogen-bond acceptors (Lipinski definition) is 3. The molecule has 21 heavy (non-hydrogen) atoms. The molecule has 5 heteroatoms. The third-order valence-electron chi connectivity index (χ3n) is 4.64. The first-order valence-corrected chi connectivity index (χ1v) is 8.20. The van der Waals surface area contributed by atoms with Gasteiger partial charge in [0.05, 0.1) is 23.8 Å². The largest absolute Gasteiger partial charge is 0.347 e. The van der Waals surface area contributed by atoms with Crippen molar-refractivity contribution in [2.24, 2.45) is 5.92 Å². The van der Waals surface area contributed by atoms with Gasteiger partial charge in [-0.1, -0.05) is 26.7 Å². The number of imidazole rings is 1. The van der Waals surface area contributed by atoms with Gasteiger partial charge in [-0.05, 0) is 18.8 Å². The van der Waals surface area contributed by atoms with Crippen molar-refractivity contribution in [3.63, 3.8) is 0 Å². The van der Waals surface area contributed by atoms with Crippen LogP contribution in [0.2, 0.25) is 0 Å². The van der Waals surface area contributed by atoms with E-state index in [0.717, 1.165) is 17.9 Å². The lowest BCUT2D eigenvalue weighted by molar-refractivity contribution is -0.136.